The lowest BCUT2D eigenvalue weighted by Crippen LogP contribution is -2.13. The molecule has 0 aromatic carbocycles. The van der Waals surface area contributed by atoms with E-state index in [1.807, 2.05) is 13.1 Å². The zero-order valence-electron chi connectivity index (χ0n) is 9.56. The summed E-state index contributed by atoms with van der Waals surface area (Å²) in [4.78, 5) is 0. The first-order valence-corrected chi connectivity index (χ1v) is 5.88. The van der Waals surface area contributed by atoms with E-state index < -0.39 is 0 Å². The number of hydrogen-bond acceptors (Lipinski definition) is 2. The van der Waals surface area contributed by atoms with Crippen LogP contribution >= 0.6 is 0 Å². The van der Waals surface area contributed by atoms with Gasteiger partial charge >= 0.3 is 0 Å². The highest BCUT2D eigenvalue weighted by atomic mass is 16.3. The summed E-state index contributed by atoms with van der Waals surface area (Å²) in [6, 6.07) is 1.92. The van der Waals surface area contributed by atoms with Crippen molar-refractivity contribution in [1.82, 2.24) is 9.78 Å². The fraction of sp³-hybridized carbons (Fsp3) is 0.750. The first-order valence-electron chi connectivity index (χ1n) is 5.88. The van der Waals surface area contributed by atoms with Crippen LogP contribution in [0.5, 0.6) is 0 Å². The van der Waals surface area contributed by atoms with Gasteiger partial charge in [0.25, 0.3) is 0 Å². The molecule has 3 atom stereocenters. The quantitative estimate of drug-likeness (QED) is 0.827. The van der Waals surface area contributed by atoms with Crippen molar-refractivity contribution in [1.29, 1.82) is 0 Å². The largest absolute Gasteiger partial charge is 0.387 e. The molecule has 0 radical (unpaired) electrons. The molecule has 0 spiro atoms. The average molecular weight is 208 g/mol. The average Bonchev–Trinajstić information content (AvgIpc) is 2.84. The summed E-state index contributed by atoms with van der Waals surface area (Å²) < 4.78 is 1.78. The van der Waals surface area contributed by atoms with Crippen molar-refractivity contribution >= 4 is 0 Å². The smallest absolute Gasteiger partial charge is 0.0984 e. The number of aliphatic hydroxyl groups is 1. The lowest BCUT2D eigenvalue weighted by Gasteiger charge is -2.18. The van der Waals surface area contributed by atoms with Crippen LogP contribution in [0.4, 0.5) is 0 Å². The summed E-state index contributed by atoms with van der Waals surface area (Å²) in [7, 11) is 1.89. The topological polar surface area (TPSA) is 38.1 Å². The molecule has 3 nitrogen and oxygen atoms in total. The molecule has 2 rings (SSSR count). The monoisotopic (exact) mass is 208 g/mol. The Kier molecular flexibility index (Phi) is 3.10. The van der Waals surface area contributed by atoms with Gasteiger partial charge in [0.1, 0.15) is 0 Å². The van der Waals surface area contributed by atoms with Gasteiger partial charge in [0.05, 0.1) is 11.8 Å². The van der Waals surface area contributed by atoms with E-state index in [4.69, 9.17) is 0 Å². The van der Waals surface area contributed by atoms with Gasteiger partial charge in [-0.1, -0.05) is 19.8 Å². The number of nitrogens with zero attached hydrogens (tertiary/aromatic N) is 2. The second kappa shape index (κ2) is 4.35. The van der Waals surface area contributed by atoms with Crippen LogP contribution in [0.15, 0.2) is 12.3 Å². The molecule has 1 saturated carbocycles. The Balaban J connectivity index is 2.03. The van der Waals surface area contributed by atoms with Crippen molar-refractivity contribution in [3.05, 3.63) is 18.0 Å². The van der Waals surface area contributed by atoms with Crippen LogP contribution in [0.1, 0.15) is 44.4 Å². The predicted molar refractivity (Wildman–Crippen MR) is 59.3 cm³/mol. The van der Waals surface area contributed by atoms with Gasteiger partial charge in [-0.2, -0.15) is 5.10 Å². The van der Waals surface area contributed by atoms with Crippen molar-refractivity contribution < 1.29 is 5.11 Å². The predicted octanol–water partition coefficient (Wildman–Crippen LogP) is 2.28. The Bertz CT molecular complexity index is 321. The molecule has 3 heteroatoms. The fourth-order valence-electron chi connectivity index (χ4n) is 2.69. The van der Waals surface area contributed by atoms with Crippen molar-refractivity contribution in [2.45, 2.75) is 38.7 Å². The van der Waals surface area contributed by atoms with Gasteiger partial charge in [-0.05, 0) is 30.7 Å². The van der Waals surface area contributed by atoms with Gasteiger partial charge in [-0.15, -0.1) is 0 Å². The molecule has 1 fully saturated rings. The second-order valence-electron chi connectivity index (χ2n) is 4.67. The summed E-state index contributed by atoms with van der Waals surface area (Å²) >= 11 is 0. The van der Waals surface area contributed by atoms with Crippen LogP contribution in [0.3, 0.4) is 0 Å². The summed E-state index contributed by atoms with van der Waals surface area (Å²) in [5.41, 5.74) is 0.955. The molecular weight excluding hydrogens is 188 g/mol. The summed E-state index contributed by atoms with van der Waals surface area (Å²) in [6.45, 7) is 2.24. The first kappa shape index (κ1) is 10.7. The molecule has 3 unspecified atom stereocenters. The molecule has 1 aliphatic rings. The lowest BCUT2D eigenvalue weighted by atomic mass is 9.96. The van der Waals surface area contributed by atoms with Crippen LogP contribution in [0, 0.1) is 11.8 Å². The van der Waals surface area contributed by atoms with Crippen LogP contribution in [-0.4, -0.2) is 14.9 Å². The van der Waals surface area contributed by atoms with Crippen LogP contribution in [-0.2, 0) is 7.05 Å². The van der Waals surface area contributed by atoms with Gasteiger partial charge in [0.15, 0.2) is 0 Å². The molecule has 1 aromatic heterocycles. The highest BCUT2D eigenvalue weighted by molar-refractivity contribution is 5.06. The molecule has 0 amide bonds. The zero-order chi connectivity index (χ0) is 10.8. The van der Waals surface area contributed by atoms with Crippen LogP contribution in [0.2, 0.25) is 0 Å². The molecule has 1 N–H and O–H groups in total. The minimum atomic E-state index is -0.325. The molecule has 1 aromatic rings. The fourth-order valence-corrected chi connectivity index (χ4v) is 2.69. The van der Waals surface area contributed by atoms with E-state index in [2.05, 4.69) is 12.0 Å². The second-order valence-corrected chi connectivity index (χ2v) is 4.67. The Morgan fingerprint density at radius 2 is 2.40 bits per heavy atom. The van der Waals surface area contributed by atoms with Crippen molar-refractivity contribution in [3.8, 4) is 0 Å². The number of hydrogen-bond donors (Lipinski definition) is 1. The number of rotatable bonds is 3. The van der Waals surface area contributed by atoms with Gasteiger partial charge < -0.3 is 5.11 Å². The minimum Gasteiger partial charge on any atom is -0.387 e. The maximum atomic E-state index is 10.2. The standard InChI is InChI=1S/C12H20N2O/c1-3-9-4-5-10(8-9)12(15)11-6-7-13-14(11)2/h6-7,9-10,12,15H,3-5,8H2,1-2H3. The van der Waals surface area contributed by atoms with E-state index in [9.17, 15) is 5.11 Å². The van der Waals surface area contributed by atoms with E-state index in [-0.39, 0.29) is 6.10 Å². The van der Waals surface area contributed by atoms with E-state index in [0.717, 1.165) is 18.0 Å². The van der Waals surface area contributed by atoms with E-state index in [1.165, 1.54) is 19.3 Å². The third kappa shape index (κ3) is 2.07. The highest BCUT2D eigenvalue weighted by Gasteiger charge is 2.30. The molecule has 15 heavy (non-hydrogen) atoms. The SMILES string of the molecule is CCC1CCC(C(O)c2ccnn2C)C1. The number of aromatic nitrogens is 2. The van der Waals surface area contributed by atoms with E-state index >= 15 is 0 Å². The van der Waals surface area contributed by atoms with E-state index in [1.54, 1.807) is 10.9 Å². The molecule has 1 heterocycles. The number of aryl methyl sites for hydroxylation is 1. The van der Waals surface area contributed by atoms with Crippen molar-refractivity contribution in [3.63, 3.8) is 0 Å². The first-order chi connectivity index (χ1) is 7.22. The Hall–Kier alpha value is -0.830. The molecule has 0 saturated heterocycles. The van der Waals surface area contributed by atoms with Crippen molar-refractivity contribution in [2.24, 2.45) is 18.9 Å². The molecule has 84 valence electrons. The lowest BCUT2D eigenvalue weighted by molar-refractivity contribution is 0.101. The van der Waals surface area contributed by atoms with Crippen LogP contribution < -0.4 is 0 Å². The Morgan fingerprint density at radius 1 is 1.60 bits per heavy atom. The minimum absolute atomic E-state index is 0.325. The van der Waals surface area contributed by atoms with Gasteiger partial charge in [-0.25, -0.2) is 0 Å². The number of aliphatic hydroxyl groups excluding tert-OH is 1. The molecule has 1 aliphatic carbocycles. The third-order valence-electron chi connectivity index (χ3n) is 3.77. The van der Waals surface area contributed by atoms with Crippen LogP contribution in [0.25, 0.3) is 0 Å². The highest BCUT2D eigenvalue weighted by Crippen LogP contribution is 2.39. The summed E-state index contributed by atoms with van der Waals surface area (Å²) in [6.07, 6.45) is 6.28. The molecular formula is C12H20N2O. The van der Waals surface area contributed by atoms with Crippen molar-refractivity contribution in [2.75, 3.05) is 0 Å². The normalized spacial score (nSPS) is 28.2. The van der Waals surface area contributed by atoms with Gasteiger partial charge in [0, 0.05) is 13.2 Å². The third-order valence-corrected chi connectivity index (χ3v) is 3.77. The summed E-state index contributed by atoms with van der Waals surface area (Å²) in [5.74, 6) is 1.25. The van der Waals surface area contributed by atoms with E-state index in [0.29, 0.717) is 5.92 Å². The molecule has 0 bridgehead atoms. The maximum Gasteiger partial charge on any atom is 0.0984 e. The zero-order valence-corrected chi connectivity index (χ0v) is 9.56. The molecule has 0 aliphatic heterocycles. The van der Waals surface area contributed by atoms with Gasteiger partial charge in [-0.3, -0.25) is 4.68 Å². The maximum absolute atomic E-state index is 10.2. The Labute approximate surface area is 91.1 Å². The summed E-state index contributed by atoms with van der Waals surface area (Å²) in [5, 5.41) is 14.3. The Morgan fingerprint density at radius 3 is 2.93 bits per heavy atom. The van der Waals surface area contributed by atoms with Gasteiger partial charge in [0.2, 0.25) is 0 Å².